The Morgan fingerprint density at radius 3 is 2.94 bits per heavy atom. The molecule has 0 radical (unpaired) electrons. The predicted octanol–water partition coefficient (Wildman–Crippen LogP) is 1.82. The third-order valence-corrected chi connectivity index (χ3v) is 4.37. The van der Waals surface area contributed by atoms with E-state index in [0.717, 1.165) is 30.8 Å². The van der Waals surface area contributed by atoms with Gasteiger partial charge in [-0.25, -0.2) is 0 Å². The molecule has 5 nitrogen and oxygen atoms in total. The molecule has 1 unspecified atom stereocenters. The van der Waals surface area contributed by atoms with Crippen LogP contribution in [0.25, 0.3) is 0 Å². The number of carbonyl (C=O) groups excluding carboxylic acids is 1. The second kappa shape index (κ2) is 5.32. The maximum atomic E-state index is 12.2. The number of hydrogen-bond acceptors (Lipinski definition) is 5. The number of aromatic nitrogens is 2. The van der Waals surface area contributed by atoms with Crippen molar-refractivity contribution in [3.8, 4) is 0 Å². The summed E-state index contributed by atoms with van der Waals surface area (Å²) in [6, 6.07) is -0.153. The van der Waals surface area contributed by atoms with Crippen molar-refractivity contribution >= 4 is 22.4 Å². The molecule has 18 heavy (non-hydrogen) atoms. The SMILES string of the molecule is CCc1nnc(NC(=O)C2NCCCC2(C)C)s1. The Morgan fingerprint density at radius 1 is 1.56 bits per heavy atom. The molecule has 2 rings (SSSR count). The van der Waals surface area contributed by atoms with Gasteiger partial charge in [0, 0.05) is 0 Å². The molecule has 0 aromatic carbocycles. The Balaban J connectivity index is 2.02. The number of carbonyl (C=O) groups is 1. The van der Waals surface area contributed by atoms with Gasteiger partial charge in [0.25, 0.3) is 0 Å². The first kappa shape index (κ1) is 13.4. The van der Waals surface area contributed by atoms with Crippen LogP contribution in [0.5, 0.6) is 0 Å². The van der Waals surface area contributed by atoms with Crippen LogP contribution >= 0.6 is 11.3 Å². The number of nitrogens with zero attached hydrogens (tertiary/aromatic N) is 2. The summed E-state index contributed by atoms with van der Waals surface area (Å²) >= 11 is 1.44. The highest BCUT2D eigenvalue weighted by Crippen LogP contribution is 2.31. The van der Waals surface area contributed by atoms with Crippen molar-refractivity contribution in [3.63, 3.8) is 0 Å². The zero-order valence-electron chi connectivity index (χ0n) is 11.1. The molecule has 2 N–H and O–H groups in total. The smallest absolute Gasteiger partial charge is 0.243 e. The molecule has 0 spiro atoms. The molecule has 1 aliphatic heterocycles. The highest BCUT2D eigenvalue weighted by Gasteiger charge is 2.37. The van der Waals surface area contributed by atoms with Crippen LogP contribution < -0.4 is 10.6 Å². The second-order valence-electron chi connectivity index (χ2n) is 5.32. The van der Waals surface area contributed by atoms with Crippen LogP contribution in [0.2, 0.25) is 0 Å². The topological polar surface area (TPSA) is 66.9 Å². The van der Waals surface area contributed by atoms with Crippen LogP contribution in [-0.2, 0) is 11.2 Å². The van der Waals surface area contributed by atoms with Crippen LogP contribution in [0.1, 0.15) is 38.6 Å². The Kier molecular flexibility index (Phi) is 3.97. The van der Waals surface area contributed by atoms with Gasteiger partial charge in [0.05, 0.1) is 6.04 Å². The lowest BCUT2D eigenvalue weighted by Crippen LogP contribution is -2.53. The van der Waals surface area contributed by atoms with Crippen LogP contribution in [0.4, 0.5) is 5.13 Å². The number of anilines is 1. The maximum absolute atomic E-state index is 12.2. The summed E-state index contributed by atoms with van der Waals surface area (Å²) in [5, 5.41) is 15.7. The molecule has 1 atom stereocenters. The van der Waals surface area contributed by atoms with E-state index < -0.39 is 0 Å². The molecule has 0 aliphatic carbocycles. The van der Waals surface area contributed by atoms with Crippen LogP contribution in [0, 0.1) is 5.41 Å². The summed E-state index contributed by atoms with van der Waals surface area (Å²) in [4.78, 5) is 12.2. The van der Waals surface area contributed by atoms with Crippen molar-refractivity contribution in [2.45, 2.75) is 46.1 Å². The van der Waals surface area contributed by atoms with Gasteiger partial charge in [-0.1, -0.05) is 32.1 Å². The largest absolute Gasteiger partial charge is 0.305 e. The fourth-order valence-corrected chi connectivity index (χ4v) is 2.97. The fourth-order valence-electron chi connectivity index (χ4n) is 2.28. The Labute approximate surface area is 111 Å². The van der Waals surface area contributed by atoms with Gasteiger partial charge in [0.1, 0.15) is 5.01 Å². The number of piperidine rings is 1. The summed E-state index contributed by atoms with van der Waals surface area (Å²) in [6.07, 6.45) is 3.03. The Bertz CT molecular complexity index is 429. The van der Waals surface area contributed by atoms with Crippen molar-refractivity contribution in [2.24, 2.45) is 5.41 Å². The molecule has 1 saturated heterocycles. The minimum absolute atomic E-state index is 0.00139. The quantitative estimate of drug-likeness (QED) is 0.877. The molecule has 1 aromatic heterocycles. The fraction of sp³-hybridized carbons (Fsp3) is 0.750. The van der Waals surface area contributed by atoms with Gasteiger partial charge >= 0.3 is 0 Å². The van der Waals surface area contributed by atoms with E-state index in [0.29, 0.717) is 5.13 Å². The van der Waals surface area contributed by atoms with E-state index in [1.165, 1.54) is 11.3 Å². The summed E-state index contributed by atoms with van der Waals surface area (Å²) in [5.74, 6) is -0.00139. The second-order valence-corrected chi connectivity index (χ2v) is 6.39. The highest BCUT2D eigenvalue weighted by atomic mass is 32.1. The molecule has 0 saturated carbocycles. The van der Waals surface area contributed by atoms with E-state index in [9.17, 15) is 4.79 Å². The third-order valence-electron chi connectivity index (χ3n) is 3.39. The average molecular weight is 268 g/mol. The zero-order valence-corrected chi connectivity index (χ0v) is 11.9. The number of hydrogen-bond donors (Lipinski definition) is 2. The van der Waals surface area contributed by atoms with Crippen molar-refractivity contribution in [1.82, 2.24) is 15.5 Å². The Hall–Kier alpha value is -1.01. The molecule has 1 aliphatic rings. The van der Waals surface area contributed by atoms with Gasteiger partial charge in [-0.2, -0.15) is 0 Å². The molecule has 0 bridgehead atoms. The highest BCUT2D eigenvalue weighted by molar-refractivity contribution is 7.15. The summed E-state index contributed by atoms with van der Waals surface area (Å²) < 4.78 is 0. The summed E-state index contributed by atoms with van der Waals surface area (Å²) in [7, 11) is 0. The first-order valence-corrected chi connectivity index (χ1v) is 7.21. The molecule has 1 fully saturated rings. The molecular weight excluding hydrogens is 248 g/mol. The number of rotatable bonds is 3. The van der Waals surface area contributed by atoms with Crippen LogP contribution in [0.3, 0.4) is 0 Å². The standard InChI is InChI=1S/C12H20N4OS/c1-4-8-15-16-11(18-8)14-10(17)9-12(2,3)6-5-7-13-9/h9,13H,4-7H2,1-3H3,(H,14,16,17). The van der Waals surface area contributed by atoms with E-state index in [-0.39, 0.29) is 17.4 Å². The third kappa shape index (κ3) is 2.87. The predicted molar refractivity (Wildman–Crippen MR) is 72.7 cm³/mol. The lowest BCUT2D eigenvalue weighted by molar-refractivity contribution is -0.121. The minimum Gasteiger partial charge on any atom is -0.305 e. The number of aryl methyl sites for hydroxylation is 1. The molecule has 100 valence electrons. The van der Waals surface area contributed by atoms with Gasteiger partial charge in [-0.05, 0) is 31.2 Å². The number of amides is 1. The molecule has 1 aromatic rings. The van der Waals surface area contributed by atoms with Crippen molar-refractivity contribution in [1.29, 1.82) is 0 Å². The van der Waals surface area contributed by atoms with Gasteiger partial charge in [-0.3, -0.25) is 10.1 Å². The molecule has 6 heteroatoms. The number of nitrogens with one attached hydrogen (secondary N) is 2. The van der Waals surface area contributed by atoms with Gasteiger partial charge < -0.3 is 5.32 Å². The van der Waals surface area contributed by atoms with Crippen molar-refractivity contribution in [2.75, 3.05) is 11.9 Å². The normalized spacial score (nSPS) is 22.7. The van der Waals surface area contributed by atoms with Crippen molar-refractivity contribution < 1.29 is 4.79 Å². The zero-order chi connectivity index (χ0) is 13.2. The van der Waals surface area contributed by atoms with Gasteiger partial charge in [0.2, 0.25) is 11.0 Å². The van der Waals surface area contributed by atoms with Crippen LogP contribution in [-0.4, -0.2) is 28.7 Å². The maximum Gasteiger partial charge on any atom is 0.243 e. The van der Waals surface area contributed by atoms with Gasteiger partial charge in [0.15, 0.2) is 0 Å². The van der Waals surface area contributed by atoms with E-state index in [1.54, 1.807) is 0 Å². The summed E-state index contributed by atoms with van der Waals surface area (Å²) in [6.45, 7) is 7.18. The molecule has 1 amide bonds. The van der Waals surface area contributed by atoms with Crippen LogP contribution in [0.15, 0.2) is 0 Å². The summed E-state index contributed by atoms with van der Waals surface area (Å²) in [5.41, 5.74) is -0.0133. The van der Waals surface area contributed by atoms with Gasteiger partial charge in [-0.15, -0.1) is 10.2 Å². The monoisotopic (exact) mass is 268 g/mol. The first-order valence-electron chi connectivity index (χ1n) is 6.39. The van der Waals surface area contributed by atoms with E-state index in [4.69, 9.17) is 0 Å². The lowest BCUT2D eigenvalue weighted by Gasteiger charge is -2.37. The van der Waals surface area contributed by atoms with Crippen molar-refractivity contribution in [3.05, 3.63) is 5.01 Å². The average Bonchev–Trinajstić information content (AvgIpc) is 2.76. The molecular formula is C12H20N4OS. The van der Waals surface area contributed by atoms with E-state index >= 15 is 0 Å². The minimum atomic E-state index is -0.153. The molecule has 2 heterocycles. The Morgan fingerprint density at radius 2 is 2.33 bits per heavy atom. The van der Waals surface area contributed by atoms with E-state index in [2.05, 4.69) is 34.7 Å². The first-order chi connectivity index (χ1) is 8.53. The van der Waals surface area contributed by atoms with E-state index in [1.807, 2.05) is 6.92 Å². The lowest BCUT2D eigenvalue weighted by atomic mass is 9.77.